The smallest absolute Gasteiger partial charge is 0.249 e. The van der Waals surface area contributed by atoms with Crippen LogP contribution in [0.15, 0.2) is 12.2 Å². The summed E-state index contributed by atoms with van der Waals surface area (Å²) in [6, 6.07) is 0. The summed E-state index contributed by atoms with van der Waals surface area (Å²) in [5.41, 5.74) is 0.772. The number of carbonyl (C=O) groups is 1. The van der Waals surface area contributed by atoms with E-state index in [2.05, 4.69) is 18.8 Å². The van der Waals surface area contributed by atoms with Crippen LogP contribution in [-0.4, -0.2) is 37.0 Å². The monoisotopic (exact) mass is 196 g/mol. The van der Waals surface area contributed by atoms with Gasteiger partial charge >= 0.3 is 0 Å². The molecular weight excluding hydrogens is 176 g/mol. The molecule has 0 unspecified atom stereocenters. The number of amides is 1. The van der Waals surface area contributed by atoms with Gasteiger partial charge in [-0.2, -0.15) is 0 Å². The number of carbonyl (C=O) groups excluding carboxylic acids is 1. The van der Waals surface area contributed by atoms with Gasteiger partial charge in [-0.25, -0.2) is 0 Å². The lowest BCUT2D eigenvalue weighted by atomic mass is 10.1. The van der Waals surface area contributed by atoms with Crippen molar-refractivity contribution in [2.75, 3.05) is 26.2 Å². The van der Waals surface area contributed by atoms with E-state index in [1.54, 1.807) is 0 Å². The standard InChI is InChI=1S/C11H20N2O/c1-3-4-5-10(2)11(14)13-8-6-12-7-9-13/h12H,2-9H2,1H3. The summed E-state index contributed by atoms with van der Waals surface area (Å²) in [5.74, 6) is 0.153. The third kappa shape index (κ3) is 3.14. The molecule has 0 aromatic rings. The first-order valence-corrected chi connectivity index (χ1v) is 5.43. The van der Waals surface area contributed by atoms with Crippen molar-refractivity contribution >= 4 is 5.91 Å². The number of nitrogens with zero attached hydrogens (tertiary/aromatic N) is 1. The van der Waals surface area contributed by atoms with E-state index in [0.29, 0.717) is 0 Å². The van der Waals surface area contributed by atoms with E-state index in [-0.39, 0.29) is 5.91 Å². The van der Waals surface area contributed by atoms with Gasteiger partial charge in [-0.05, 0) is 12.8 Å². The molecule has 0 saturated carbocycles. The average Bonchev–Trinajstić information content (AvgIpc) is 2.26. The largest absolute Gasteiger partial charge is 0.336 e. The van der Waals surface area contributed by atoms with Gasteiger partial charge in [-0.1, -0.05) is 19.9 Å². The van der Waals surface area contributed by atoms with Crippen LogP contribution in [0.5, 0.6) is 0 Å². The number of rotatable bonds is 4. The van der Waals surface area contributed by atoms with Crippen molar-refractivity contribution < 1.29 is 4.79 Å². The van der Waals surface area contributed by atoms with Crippen molar-refractivity contribution in [2.24, 2.45) is 0 Å². The molecule has 1 aliphatic heterocycles. The van der Waals surface area contributed by atoms with E-state index < -0.39 is 0 Å². The van der Waals surface area contributed by atoms with Crippen LogP contribution >= 0.6 is 0 Å². The van der Waals surface area contributed by atoms with Gasteiger partial charge in [-0.3, -0.25) is 4.79 Å². The molecule has 0 bridgehead atoms. The molecule has 0 aromatic heterocycles. The SMILES string of the molecule is C=C(CCCC)C(=O)N1CCNCC1. The minimum atomic E-state index is 0.153. The fourth-order valence-electron chi connectivity index (χ4n) is 1.59. The molecule has 1 fully saturated rings. The second-order valence-electron chi connectivity index (χ2n) is 3.75. The Kier molecular flexibility index (Phi) is 4.66. The Bertz CT molecular complexity index is 207. The normalized spacial score (nSPS) is 16.8. The Labute approximate surface area is 86.2 Å². The van der Waals surface area contributed by atoms with E-state index in [1.165, 1.54) is 0 Å². The van der Waals surface area contributed by atoms with Gasteiger partial charge in [-0.15, -0.1) is 0 Å². The number of nitrogens with one attached hydrogen (secondary N) is 1. The van der Waals surface area contributed by atoms with Crippen LogP contribution < -0.4 is 5.32 Å². The van der Waals surface area contributed by atoms with Gasteiger partial charge in [0.05, 0.1) is 0 Å². The first kappa shape index (κ1) is 11.2. The van der Waals surface area contributed by atoms with Crippen molar-refractivity contribution in [3.8, 4) is 0 Å². The van der Waals surface area contributed by atoms with Gasteiger partial charge in [0.2, 0.25) is 5.91 Å². The van der Waals surface area contributed by atoms with E-state index in [0.717, 1.165) is 51.0 Å². The fourth-order valence-corrected chi connectivity index (χ4v) is 1.59. The molecule has 0 atom stereocenters. The van der Waals surface area contributed by atoms with Crippen LogP contribution in [0.4, 0.5) is 0 Å². The van der Waals surface area contributed by atoms with E-state index in [9.17, 15) is 4.79 Å². The Balaban J connectivity index is 2.34. The predicted molar refractivity (Wildman–Crippen MR) is 58.1 cm³/mol. The zero-order valence-corrected chi connectivity index (χ0v) is 9.01. The fraction of sp³-hybridized carbons (Fsp3) is 0.727. The topological polar surface area (TPSA) is 32.3 Å². The molecule has 3 heteroatoms. The lowest BCUT2D eigenvalue weighted by Crippen LogP contribution is -2.46. The summed E-state index contributed by atoms with van der Waals surface area (Å²) in [7, 11) is 0. The summed E-state index contributed by atoms with van der Waals surface area (Å²) >= 11 is 0. The molecule has 80 valence electrons. The number of hydrogen-bond acceptors (Lipinski definition) is 2. The minimum Gasteiger partial charge on any atom is -0.336 e. The average molecular weight is 196 g/mol. The molecule has 1 N–H and O–H groups in total. The van der Waals surface area contributed by atoms with Gasteiger partial charge in [0.25, 0.3) is 0 Å². The first-order valence-electron chi connectivity index (χ1n) is 5.43. The van der Waals surface area contributed by atoms with E-state index in [1.807, 2.05) is 4.90 Å². The lowest BCUT2D eigenvalue weighted by Gasteiger charge is -2.28. The van der Waals surface area contributed by atoms with Crippen LogP contribution in [0.2, 0.25) is 0 Å². The van der Waals surface area contributed by atoms with Crippen LogP contribution in [0.3, 0.4) is 0 Å². The Morgan fingerprint density at radius 3 is 2.64 bits per heavy atom. The molecule has 1 rings (SSSR count). The summed E-state index contributed by atoms with van der Waals surface area (Å²) in [6.07, 6.45) is 3.03. The van der Waals surface area contributed by atoms with Crippen LogP contribution in [0.25, 0.3) is 0 Å². The highest BCUT2D eigenvalue weighted by Crippen LogP contribution is 2.09. The van der Waals surface area contributed by atoms with Crippen molar-refractivity contribution in [3.05, 3.63) is 12.2 Å². The Morgan fingerprint density at radius 2 is 2.07 bits per heavy atom. The zero-order chi connectivity index (χ0) is 10.4. The maximum Gasteiger partial charge on any atom is 0.249 e. The second kappa shape index (κ2) is 5.81. The van der Waals surface area contributed by atoms with E-state index in [4.69, 9.17) is 0 Å². The van der Waals surface area contributed by atoms with Crippen LogP contribution in [0, 0.1) is 0 Å². The summed E-state index contributed by atoms with van der Waals surface area (Å²) in [5, 5.41) is 3.23. The third-order valence-corrected chi connectivity index (χ3v) is 2.54. The van der Waals surface area contributed by atoms with Gasteiger partial charge in [0.1, 0.15) is 0 Å². The van der Waals surface area contributed by atoms with Crippen molar-refractivity contribution in [1.29, 1.82) is 0 Å². The van der Waals surface area contributed by atoms with Gasteiger partial charge < -0.3 is 10.2 Å². The van der Waals surface area contributed by atoms with Crippen molar-refractivity contribution in [3.63, 3.8) is 0 Å². The van der Waals surface area contributed by atoms with E-state index >= 15 is 0 Å². The first-order chi connectivity index (χ1) is 6.75. The summed E-state index contributed by atoms with van der Waals surface area (Å²) in [4.78, 5) is 13.7. The highest BCUT2D eigenvalue weighted by Gasteiger charge is 2.17. The predicted octanol–water partition coefficient (Wildman–Crippen LogP) is 1.16. The maximum atomic E-state index is 11.8. The zero-order valence-electron chi connectivity index (χ0n) is 9.01. The molecule has 0 aromatic carbocycles. The molecule has 0 aliphatic carbocycles. The Morgan fingerprint density at radius 1 is 1.43 bits per heavy atom. The highest BCUT2D eigenvalue weighted by molar-refractivity contribution is 5.92. The molecule has 0 radical (unpaired) electrons. The van der Waals surface area contributed by atoms with Gasteiger partial charge in [0.15, 0.2) is 0 Å². The molecule has 1 heterocycles. The van der Waals surface area contributed by atoms with Crippen molar-refractivity contribution in [2.45, 2.75) is 26.2 Å². The summed E-state index contributed by atoms with van der Waals surface area (Å²) < 4.78 is 0. The molecule has 14 heavy (non-hydrogen) atoms. The second-order valence-corrected chi connectivity index (χ2v) is 3.75. The molecule has 0 spiro atoms. The van der Waals surface area contributed by atoms with Crippen LogP contribution in [-0.2, 0) is 4.79 Å². The van der Waals surface area contributed by atoms with Crippen molar-refractivity contribution in [1.82, 2.24) is 10.2 Å². The molecule has 1 saturated heterocycles. The number of hydrogen-bond donors (Lipinski definition) is 1. The van der Waals surface area contributed by atoms with Gasteiger partial charge in [0, 0.05) is 31.8 Å². The maximum absolute atomic E-state index is 11.8. The molecule has 1 amide bonds. The summed E-state index contributed by atoms with van der Waals surface area (Å²) in [6.45, 7) is 9.45. The lowest BCUT2D eigenvalue weighted by molar-refractivity contribution is -0.127. The third-order valence-electron chi connectivity index (χ3n) is 2.54. The Hall–Kier alpha value is -0.830. The minimum absolute atomic E-state index is 0.153. The molecule has 1 aliphatic rings. The quantitative estimate of drug-likeness (QED) is 0.684. The molecule has 3 nitrogen and oxygen atoms in total. The van der Waals surface area contributed by atoms with Crippen LogP contribution in [0.1, 0.15) is 26.2 Å². The highest BCUT2D eigenvalue weighted by atomic mass is 16.2. The number of unbranched alkanes of at least 4 members (excludes halogenated alkanes) is 1. The molecular formula is C11H20N2O. The number of piperazine rings is 1.